The minimum absolute atomic E-state index is 0.570. The lowest BCUT2D eigenvalue weighted by molar-refractivity contribution is 0.320. The van der Waals surface area contributed by atoms with Gasteiger partial charge in [0.1, 0.15) is 12.4 Å². The first-order valence-electron chi connectivity index (χ1n) is 8.47. The lowest BCUT2D eigenvalue weighted by Gasteiger charge is -2.12. The molecule has 1 aromatic heterocycles. The Morgan fingerprint density at radius 2 is 2.00 bits per heavy atom. The van der Waals surface area contributed by atoms with Gasteiger partial charge in [-0.1, -0.05) is 30.3 Å². The van der Waals surface area contributed by atoms with E-state index in [1.165, 1.54) is 5.56 Å². The van der Waals surface area contributed by atoms with Gasteiger partial charge < -0.3 is 15.4 Å². The van der Waals surface area contributed by atoms with E-state index in [9.17, 15) is 0 Å². The van der Waals surface area contributed by atoms with Crippen molar-refractivity contribution in [3.63, 3.8) is 0 Å². The highest BCUT2D eigenvalue weighted by Crippen LogP contribution is 2.05. The number of pyridine rings is 1. The molecule has 5 heteroatoms. The molecule has 0 bridgehead atoms. The molecular formula is C19H26N4O. The standard InChI is InChI=1S/C19H26N4O/c1-2-21-19(22-13-6-10-17-8-4-3-5-9-17)23-14-15-24-18-11-7-12-20-16-18/h3-5,7-9,11-12,16H,2,6,10,13-15H2,1H3,(H2,21,22,23). The van der Waals surface area contributed by atoms with Crippen molar-refractivity contribution in [1.29, 1.82) is 0 Å². The molecule has 1 aromatic carbocycles. The van der Waals surface area contributed by atoms with Gasteiger partial charge in [-0.15, -0.1) is 0 Å². The molecule has 2 aromatic rings. The van der Waals surface area contributed by atoms with Gasteiger partial charge in [0, 0.05) is 19.3 Å². The normalized spacial score (nSPS) is 11.1. The fourth-order valence-corrected chi connectivity index (χ4v) is 2.23. The maximum absolute atomic E-state index is 5.61. The molecule has 0 amide bonds. The summed E-state index contributed by atoms with van der Waals surface area (Å²) in [5, 5.41) is 6.53. The Morgan fingerprint density at radius 3 is 2.75 bits per heavy atom. The summed E-state index contributed by atoms with van der Waals surface area (Å²) in [4.78, 5) is 8.62. The van der Waals surface area contributed by atoms with Crippen LogP contribution in [-0.4, -0.2) is 37.2 Å². The Balaban J connectivity index is 1.66. The van der Waals surface area contributed by atoms with Crippen molar-refractivity contribution in [1.82, 2.24) is 15.6 Å². The number of nitrogens with one attached hydrogen (secondary N) is 2. The Bertz CT molecular complexity index is 587. The van der Waals surface area contributed by atoms with Crippen LogP contribution in [0.4, 0.5) is 0 Å². The van der Waals surface area contributed by atoms with Gasteiger partial charge in [-0.25, -0.2) is 0 Å². The van der Waals surface area contributed by atoms with Crippen LogP contribution in [0.1, 0.15) is 18.9 Å². The quantitative estimate of drug-likeness (QED) is 0.422. The number of rotatable bonds is 9. The van der Waals surface area contributed by atoms with E-state index in [4.69, 9.17) is 4.74 Å². The molecular weight excluding hydrogens is 300 g/mol. The summed E-state index contributed by atoms with van der Waals surface area (Å²) < 4.78 is 5.61. The summed E-state index contributed by atoms with van der Waals surface area (Å²) in [5.74, 6) is 1.62. The lowest BCUT2D eigenvalue weighted by atomic mass is 10.1. The molecule has 2 rings (SSSR count). The van der Waals surface area contributed by atoms with E-state index in [-0.39, 0.29) is 0 Å². The molecule has 0 saturated heterocycles. The summed E-state index contributed by atoms with van der Waals surface area (Å²) in [6.45, 7) is 4.97. The van der Waals surface area contributed by atoms with Crippen molar-refractivity contribution >= 4 is 5.96 Å². The molecule has 24 heavy (non-hydrogen) atoms. The van der Waals surface area contributed by atoms with Crippen LogP contribution in [-0.2, 0) is 6.42 Å². The second-order valence-corrected chi connectivity index (χ2v) is 5.31. The topological polar surface area (TPSA) is 58.5 Å². The molecule has 0 spiro atoms. The third-order valence-corrected chi connectivity index (χ3v) is 3.38. The second kappa shape index (κ2) is 11.0. The SMILES string of the molecule is CCNC(=NCCCc1ccccc1)NCCOc1cccnc1. The van der Waals surface area contributed by atoms with Gasteiger partial charge in [-0.3, -0.25) is 9.98 Å². The molecule has 5 nitrogen and oxygen atoms in total. The zero-order valence-corrected chi connectivity index (χ0v) is 14.2. The van der Waals surface area contributed by atoms with E-state index in [0.717, 1.165) is 37.6 Å². The number of aromatic nitrogens is 1. The molecule has 0 atom stereocenters. The summed E-state index contributed by atoms with van der Waals surface area (Å²) in [5.41, 5.74) is 1.36. The van der Waals surface area contributed by atoms with Crippen LogP contribution in [0, 0.1) is 0 Å². The molecule has 0 unspecified atom stereocenters. The summed E-state index contributed by atoms with van der Waals surface area (Å²) in [6.07, 6.45) is 5.53. The summed E-state index contributed by atoms with van der Waals surface area (Å²) >= 11 is 0. The number of benzene rings is 1. The largest absolute Gasteiger partial charge is 0.490 e. The molecule has 2 N–H and O–H groups in total. The van der Waals surface area contributed by atoms with Gasteiger partial charge in [-0.2, -0.15) is 0 Å². The number of aliphatic imine (C=N–C) groups is 1. The number of nitrogens with zero attached hydrogens (tertiary/aromatic N) is 2. The smallest absolute Gasteiger partial charge is 0.191 e. The van der Waals surface area contributed by atoms with Gasteiger partial charge in [0.25, 0.3) is 0 Å². The van der Waals surface area contributed by atoms with Crippen LogP contribution in [0.25, 0.3) is 0 Å². The van der Waals surface area contributed by atoms with Crippen molar-refractivity contribution in [3.8, 4) is 5.75 Å². The van der Waals surface area contributed by atoms with Crippen molar-refractivity contribution < 1.29 is 4.74 Å². The number of aryl methyl sites for hydroxylation is 1. The zero-order chi connectivity index (χ0) is 16.9. The fraction of sp³-hybridized carbons (Fsp3) is 0.368. The molecule has 0 aliphatic carbocycles. The van der Waals surface area contributed by atoms with E-state index in [2.05, 4.69) is 51.8 Å². The van der Waals surface area contributed by atoms with Crippen LogP contribution >= 0.6 is 0 Å². The van der Waals surface area contributed by atoms with E-state index in [1.54, 1.807) is 12.4 Å². The lowest BCUT2D eigenvalue weighted by Crippen LogP contribution is -2.39. The number of ether oxygens (including phenoxy) is 1. The molecule has 0 aliphatic heterocycles. The predicted molar refractivity (Wildman–Crippen MR) is 98.5 cm³/mol. The predicted octanol–water partition coefficient (Wildman–Crippen LogP) is 2.65. The Kier molecular flexibility index (Phi) is 8.19. The summed E-state index contributed by atoms with van der Waals surface area (Å²) in [7, 11) is 0. The van der Waals surface area contributed by atoms with E-state index in [1.807, 2.05) is 18.2 Å². The Morgan fingerprint density at radius 1 is 1.12 bits per heavy atom. The Labute approximate surface area is 144 Å². The molecule has 0 radical (unpaired) electrons. The molecule has 0 aliphatic rings. The van der Waals surface area contributed by atoms with Crippen LogP contribution < -0.4 is 15.4 Å². The Hall–Kier alpha value is -2.56. The van der Waals surface area contributed by atoms with Crippen LogP contribution in [0.15, 0.2) is 59.9 Å². The first kappa shape index (κ1) is 17.8. The highest BCUT2D eigenvalue weighted by atomic mass is 16.5. The third kappa shape index (κ3) is 7.13. The van der Waals surface area contributed by atoms with E-state index >= 15 is 0 Å². The minimum Gasteiger partial charge on any atom is -0.490 e. The van der Waals surface area contributed by atoms with Gasteiger partial charge >= 0.3 is 0 Å². The highest BCUT2D eigenvalue weighted by Gasteiger charge is 1.98. The van der Waals surface area contributed by atoms with Crippen LogP contribution in [0.3, 0.4) is 0 Å². The number of hydrogen-bond acceptors (Lipinski definition) is 3. The minimum atomic E-state index is 0.570. The molecule has 0 saturated carbocycles. The molecule has 128 valence electrons. The maximum atomic E-state index is 5.61. The van der Waals surface area contributed by atoms with Crippen molar-refractivity contribution in [3.05, 3.63) is 60.4 Å². The van der Waals surface area contributed by atoms with Gasteiger partial charge in [0.15, 0.2) is 5.96 Å². The van der Waals surface area contributed by atoms with Gasteiger partial charge in [0.05, 0.1) is 12.7 Å². The average molecular weight is 326 g/mol. The van der Waals surface area contributed by atoms with Crippen molar-refractivity contribution in [2.24, 2.45) is 4.99 Å². The molecule has 0 fully saturated rings. The first-order valence-corrected chi connectivity index (χ1v) is 8.47. The maximum Gasteiger partial charge on any atom is 0.191 e. The monoisotopic (exact) mass is 326 g/mol. The van der Waals surface area contributed by atoms with Crippen LogP contribution in [0.5, 0.6) is 5.75 Å². The third-order valence-electron chi connectivity index (χ3n) is 3.38. The van der Waals surface area contributed by atoms with Crippen molar-refractivity contribution in [2.45, 2.75) is 19.8 Å². The van der Waals surface area contributed by atoms with Gasteiger partial charge in [0.2, 0.25) is 0 Å². The fourth-order valence-electron chi connectivity index (χ4n) is 2.23. The van der Waals surface area contributed by atoms with E-state index < -0.39 is 0 Å². The second-order valence-electron chi connectivity index (χ2n) is 5.31. The number of hydrogen-bond donors (Lipinski definition) is 2. The van der Waals surface area contributed by atoms with E-state index in [0.29, 0.717) is 13.2 Å². The average Bonchev–Trinajstić information content (AvgIpc) is 2.64. The van der Waals surface area contributed by atoms with Gasteiger partial charge in [-0.05, 0) is 37.5 Å². The zero-order valence-electron chi connectivity index (χ0n) is 14.2. The highest BCUT2D eigenvalue weighted by molar-refractivity contribution is 5.79. The number of guanidine groups is 1. The van der Waals surface area contributed by atoms with Crippen molar-refractivity contribution in [2.75, 3.05) is 26.2 Å². The van der Waals surface area contributed by atoms with Crippen LogP contribution in [0.2, 0.25) is 0 Å². The first-order chi connectivity index (χ1) is 11.9. The summed E-state index contributed by atoms with van der Waals surface area (Å²) in [6, 6.07) is 14.3. The molecule has 1 heterocycles.